The smallest absolute Gasteiger partial charge is 0.379 e. The minimum absolute atomic E-state index is 0.0651. The van der Waals surface area contributed by atoms with Crippen LogP contribution in [-0.4, -0.2) is 73.0 Å². The summed E-state index contributed by atoms with van der Waals surface area (Å²) in [5.41, 5.74) is 0.679. The number of nitro benzene ring substituents is 1. The lowest BCUT2D eigenvalue weighted by Crippen LogP contribution is -2.55. The number of rotatable bonds is 12. The first-order chi connectivity index (χ1) is 20.8. The number of hydrogen-bond acceptors (Lipinski definition) is 12. The highest BCUT2D eigenvalue weighted by Gasteiger charge is 2.41. The number of hydrogen-bond donors (Lipinski definition) is 1. The number of piperidine rings is 1. The van der Waals surface area contributed by atoms with E-state index in [1.807, 2.05) is 19.9 Å². The first-order valence-corrected chi connectivity index (χ1v) is 15.4. The van der Waals surface area contributed by atoms with Crippen LogP contribution in [0.1, 0.15) is 49.7 Å². The maximum absolute atomic E-state index is 13.4. The third-order valence-corrected chi connectivity index (χ3v) is 9.03. The van der Waals surface area contributed by atoms with E-state index >= 15 is 0 Å². The normalized spacial score (nSPS) is 16.6. The van der Waals surface area contributed by atoms with Crippen molar-refractivity contribution in [2.24, 2.45) is 0 Å². The Hall–Kier alpha value is -4.50. The highest BCUT2D eigenvalue weighted by molar-refractivity contribution is 7.88. The summed E-state index contributed by atoms with van der Waals surface area (Å²) >= 11 is 0. The zero-order valence-electron chi connectivity index (χ0n) is 24.8. The number of non-ortho nitro benzene ring substituents is 1. The van der Waals surface area contributed by atoms with Crippen LogP contribution < -0.4 is 10.1 Å². The summed E-state index contributed by atoms with van der Waals surface area (Å²) in [6.45, 7) is 5.30. The second kappa shape index (κ2) is 13.4. The number of esters is 2. The van der Waals surface area contributed by atoms with Crippen LogP contribution >= 0.6 is 0 Å². The lowest BCUT2D eigenvalue weighted by Gasteiger charge is -2.45. The molecule has 44 heavy (non-hydrogen) atoms. The van der Waals surface area contributed by atoms with E-state index in [1.165, 1.54) is 29.6 Å². The van der Waals surface area contributed by atoms with Gasteiger partial charge < -0.3 is 23.9 Å². The van der Waals surface area contributed by atoms with E-state index in [2.05, 4.69) is 10.3 Å². The van der Waals surface area contributed by atoms with Crippen LogP contribution in [0.5, 0.6) is 5.88 Å². The van der Waals surface area contributed by atoms with Crippen LogP contribution in [0.25, 0.3) is 11.5 Å². The van der Waals surface area contributed by atoms with Gasteiger partial charge in [-0.15, -0.1) is 0 Å². The Morgan fingerprint density at radius 2 is 1.95 bits per heavy atom. The number of nitrogens with zero attached hydrogens (tertiary/aromatic N) is 3. The lowest BCUT2D eigenvalue weighted by molar-refractivity contribution is -0.384. The fourth-order valence-electron chi connectivity index (χ4n) is 5.13. The van der Waals surface area contributed by atoms with Gasteiger partial charge in [-0.2, -0.15) is 9.29 Å². The Bertz CT molecular complexity index is 1640. The van der Waals surface area contributed by atoms with Gasteiger partial charge in [0.15, 0.2) is 6.61 Å². The van der Waals surface area contributed by atoms with Crippen molar-refractivity contribution in [2.45, 2.75) is 50.9 Å². The predicted molar refractivity (Wildman–Crippen MR) is 159 cm³/mol. The highest BCUT2D eigenvalue weighted by atomic mass is 32.2. The van der Waals surface area contributed by atoms with Crippen LogP contribution in [0.2, 0.25) is 0 Å². The van der Waals surface area contributed by atoms with Crippen LogP contribution in [-0.2, 0) is 30.0 Å². The van der Waals surface area contributed by atoms with Gasteiger partial charge in [0.05, 0.1) is 24.4 Å². The molecule has 0 spiro atoms. The van der Waals surface area contributed by atoms with E-state index in [0.717, 1.165) is 0 Å². The minimum atomic E-state index is -3.77. The number of nitrogens with one attached hydrogen (secondary N) is 1. The van der Waals surface area contributed by atoms with Crippen molar-refractivity contribution in [3.8, 4) is 17.3 Å². The van der Waals surface area contributed by atoms with Crippen molar-refractivity contribution in [2.75, 3.05) is 32.2 Å². The van der Waals surface area contributed by atoms with Crippen molar-refractivity contribution in [1.29, 1.82) is 0 Å². The van der Waals surface area contributed by atoms with Gasteiger partial charge in [0.1, 0.15) is 0 Å². The van der Waals surface area contributed by atoms with E-state index in [9.17, 15) is 28.1 Å². The molecule has 2 aromatic carbocycles. The van der Waals surface area contributed by atoms with Gasteiger partial charge in [-0.05, 0) is 57.4 Å². The molecule has 15 heteroatoms. The van der Waals surface area contributed by atoms with Gasteiger partial charge in [0.25, 0.3) is 17.3 Å². The first-order valence-electron chi connectivity index (χ1n) is 13.8. The Labute approximate surface area is 254 Å². The van der Waals surface area contributed by atoms with Gasteiger partial charge in [-0.1, -0.05) is 18.2 Å². The molecule has 0 radical (unpaired) electrons. The van der Waals surface area contributed by atoms with Crippen LogP contribution in [0.15, 0.2) is 52.9 Å². The summed E-state index contributed by atoms with van der Waals surface area (Å²) in [4.78, 5) is 38.8. The molecule has 2 heterocycles. The second-order valence-electron chi connectivity index (χ2n) is 10.7. The van der Waals surface area contributed by atoms with Crippen molar-refractivity contribution in [3.05, 3.63) is 70.0 Å². The van der Waals surface area contributed by atoms with Gasteiger partial charge in [-0.25, -0.2) is 18.0 Å². The van der Waals surface area contributed by atoms with E-state index in [-0.39, 0.29) is 48.2 Å². The summed E-state index contributed by atoms with van der Waals surface area (Å²) in [5.74, 6) is -2.25. The molecular formula is C29H34N4O10S. The molecule has 3 aromatic rings. The Kier molecular flexibility index (Phi) is 9.89. The number of benzene rings is 2. The van der Waals surface area contributed by atoms with Gasteiger partial charge in [-0.3, -0.25) is 10.1 Å². The molecule has 1 atom stereocenters. The summed E-state index contributed by atoms with van der Waals surface area (Å²) in [6.07, 6.45) is 1.00. The van der Waals surface area contributed by atoms with Gasteiger partial charge >= 0.3 is 11.9 Å². The molecular weight excluding hydrogens is 596 g/mol. The van der Waals surface area contributed by atoms with Crippen molar-refractivity contribution in [1.82, 2.24) is 9.29 Å². The van der Waals surface area contributed by atoms with Gasteiger partial charge in [0.2, 0.25) is 15.9 Å². The maximum atomic E-state index is 13.4. The zero-order chi connectivity index (χ0) is 32.1. The molecule has 1 fully saturated rings. The molecule has 0 amide bonds. The predicted octanol–water partition coefficient (Wildman–Crippen LogP) is 4.16. The fraction of sp³-hybridized carbons (Fsp3) is 0.414. The van der Waals surface area contributed by atoms with E-state index in [1.54, 1.807) is 31.2 Å². The average Bonchev–Trinajstić information content (AvgIpc) is 3.39. The van der Waals surface area contributed by atoms with Crippen molar-refractivity contribution < 1.29 is 41.6 Å². The Morgan fingerprint density at radius 3 is 2.64 bits per heavy atom. The van der Waals surface area contributed by atoms with E-state index < -0.39 is 39.0 Å². The first kappa shape index (κ1) is 32.4. The number of nitro groups is 1. The van der Waals surface area contributed by atoms with E-state index in [4.69, 9.17) is 18.6 Å². The van der Waals surface area contributed by atoms with Crippen LogP contribution in [0.3, 0.4) is 0 Å². The molecule has 4 rings (SSSR count). The van der Waals surface area contributed by atoms with Crippen LogP contribution in [0, 0.1) is 10.1 Å². The van der Waals surface area contributed by atoms with Crippen molar-refractivity contribution in [3.63, 3.8) is 0 Å². The third-order valence-electron chi connectivity index (χ3n) is 6.99. The summed E-state index contributed by atoms with van der Waals surface area (Å²) < 4.78 is 48.8. The molecule has 1 unspecified atom stereocenters. The molecule has 1 saturated heterocycles. The number of methoxy groups -OCH3 is 1. The number of carbonyl (C=O) groups excluding carboxylic acids is 2. The summed E-state index contributed by atoms with van der Waals surface area (Å²) in [6, 6.07) is 12.7. The molecule has 0 saturated carbocycles. The number of carbonyl (C=O) groups is 2. The largest absolute Gasteiger partial charge is 0.463 e. The molecule has 0 aliphatic carbocycles. The Balaban J connectivity index is 1.46. The van der Waals surface area contributed by atoms with Gasteiger partial charge in [0, 0.05) is 41.5 Å². The number of anilines is 1. The van der Waals surface area contributed by atoms with Crippen molar-refractivity contribution >= 4 is 33.3 Å². The topological polar surface area (TPSA) is 180 Å². The molecule has 236 valence electrons. The van der Waals surface area contributed by atoms with Crippen LogP contribution in [0.4, 0.5) is 11.4 Å². The summed E-state index contributed by atoms with van der Waals surface area (Å²) in [7, 11) is -2.59. The average molecular weight is 631 g/mol. The zero-order valence-corrected chi connectivity index (χ0v) is 25.6. The van der Waals surface area contributed by atoms with E-state index in [0.29, 0.717) is 29.7 Å². The molecule has 0 bridgehead atoms. The molecule has 1 N–H and O–H groups in total. The fourth-order valence-corrected chi connectivity index (χ4v) is 7.09. The number of sulfonamides is 1. The number of oxazole rings is 1. The molecule has 14 nitrogen and oxygen atoms in total. The Morgan fingerprint density at radius 1 is 1.20 bits per heavy atom. The highest BCUT2D eigenvalue weighted by Crippen LogP contribution is 2.34. The SMILES string of the molecule is CCOC(=O)COc1nc(-c2cccc(NC3CCN(S(=O)(=O)Cc4cccc([N+](=O)[O-])c4)C(C)(C)C3)c2)oc1C(=O)OC. The number of ether oxygens (including phenoxy) is 3. The quantitative estimate of drug-likeness (QED) is 0.172. The second-order valence-corrected chi connectivity index (χ2v) is 12.6. The minimum Gasteiger partial charge on any atom is -0.463 e. The standard InChI is InChI=1S/C29H34N4O10S/c1-5-41-24(34)17-42-27-25(28(35)40-4)43-26(31-27)20-9-7-10-21(15-20)30-22-12-13-32(29(2,3)16-22)44(38,39)18-19-8-6-11-23(14-19)33(36)37/h6-11,14-15,22,30H,5,12-13,16-18H2,1-4H3. The molecule has 1 aromatic heterocycles. The maximum Gasteiger partial charge on any atom is 0.379 e. The number of aromatic nitrogens is 1. The lowest BCUT2D eigenvalue weighted by atomic mass is 9.89. The summed E-state index contributed by atoms with van der Waals surface area (Å²) in [5, 5.41) is 14.6. The third kappa shape index (κ3) is 7.71. The monoisotopic (exact) mass is 630 g/mol. The molecule has 1 aliphatic rings. The molecule has 1 aliphatic heterocycles.